The molecule has 1 aromatic heterocycles. The van der Waals surface area contributed by atoms with Gasteiger partial charge in [-0.1, -0.05) is 0 Å². The van der Waals surface area contributed by atoms with Gasteiger partial charge in [-0.05, 0) is 98.4 Å². The van der Waals surface area contributed by atoms with Crippen molar-refractivity contribution in [3.8, 4) is 11.3 Å². The number of ether oxygens (including phenoxy) is 1. The molecule has 0 aliphatic heterocycles. The number of hydrogen-bond donors (Lipinski definition) is 2. The van der Waals surface area contributed by atoms with E-state index < -0.39 is 23.1 Å². The van der Waals surface area contributed by atoms with E-state index in [0.717, 1.165) is 36.8 Å². The van der Waals surface area contributed by atoms with Crippen molar-refractivity contribution < 1.29 is 37.0 Å². The molecule has 4 rings (SSSR count). The van der Waals surface area contributed by atoms with E-state index in [4.69, 9.17) is 14.3 Å². The lowest BCUT2D eigenvalue weighted by atomic mass is 9.97. The summed E-state index contributed by atoms with van der Waals surface area (Å²) in [7, 11) is 1.54. The number of nitrogens with one attached hydrogen (secondary N) is 1. The summed E-state index contributed by atoms with van der Waals surface area (Å²) in [5.41, 5.74) is 3.27. The van der Waals surface area contributed by atoms with Gasteiger partial charge in [0.15, 0.2) is 0 Å². The molecular weight excluding hydrogens is 551 g/mol. The molecular formula is C30H36FN2O7S-. The standard InChI is InChI=1S/C30H37FN2O7S/c1-32-30(36)28-25-18-24(20-8-9-20)22(17-26(25)40-29(28)21-10-12-23(31)13-11-21)19-33(41(37)38)14-4-2-5-15-39-16-6-3-7-27(34)35/h10-13,17-18,20H,2-9,14-16,19H2,1H3,(H,32,36)(H,34,35)(H,37,38)/p-1. The maximum absolute atomic E-state index is 13.6. The highest BCUT2D eigenvalue weighted by Crippen LogP contribution is 2.45. The summed E-state index contributed by atoms with van der Waals surface area (Å²) in [4.78, 5) is 23.4. The molecule has 3 aromatic rings. The van der Waals surface area contributed by atoms with E-state index in [1.165, 1.54) is 16.4 Å². The highest BCUT2D eigenvalue weighted by molar-refractivity contribution is 7.76. The van der Waals surface area contributed by atoms with Crippen LogP contribution in [0.5, 0.6) is 0 Å². The first-order chi connectivity index (χ1) is 19.8. The van der Waals surface area contributed by atoms with Crippen LogP contribution in [0.15, 0.2) is 40.8 Å². The number of aliphatic carboxylic acids is 1. The number of hydrogen-bond acceptors (Lipinski definition) is 6. The number of halogens is 1. The van der Waals surface area contributed by atoms with Gasteiger partial charge < -0.3 is 24.1 Å². The van der Waals surface area contributed by atoms with Crippen LogP contribution in [-0.4, -0.2) is 56.9 Å². The summed E-state index contributed by atoms with van der Waals surface area (Å²) in [6, 6.07) is 9.54. The van der Waals surface area contributed by atoms with E-state index in [9.17, 15) is 22.7 Å². The monoisotopic (exact) mass is 587 g/mol. The van der Waals surface area contributed by atoms with Crippen LogP contribution >= 0.6 is 0 Å². The molecule has 1 fully saturated rings. The number of furan rings is 1. The number of fused-ring (bicyclic) bond motifs is 1. The zero-order chi connectivity index (χ0) is 29.4. The van der Waals surface area contributed by atoms with Gasteiger partial charge >= 0.3 is 5.97 Å². The zero-order valence-corrected chi connectivity index (χ0v) is 24.0. The van der Waals surface area contributed by atoms with Crippen molar-refractivity contribution in [1.29, 1.82) is 0 Å². The number of carbonyl (C=O) groups excluding carboxylic acids is 1. The summed E-state index contributed by atoms with van der Waals surface area (Å²) >= 11 is -2.42. The van der Waals surface area contributed by atoms with Gasteiger partial charge in [0.2, 0.25) is 0 Å². The Bertz CT molecular complexity index is 1370. The van der Waals surface area contributed by atoms with Gasteiger partial charge in [0.1, 0.15) is 17.2 Å². The molecule has 0 spiro atoms. The summed E-state index contributed by atoms with van der Waals surface area (Å²) in [5.74, 6) is -0.876. The van der Waals surface area contributed by atoms with E-state index in [2.05, 4.69) is 5.32 Å². The predicted molar refractivity (Wildman–Crippen MR) is 152 cm³/mol. The molecule has 1 atom stereocenters. The maximum Gasteiger partial charge on any atom is 0.303 e. The lowest BCUT2D eigenvalue weighted by Crippen LogP contribution is -2.27. The molecule has 2 aromatic carbocycles. The Hall–Kier alpha value is -3.12. The summed E-state index contributed by atoms with van der Waals surface area (Å²) < 4.78 is 50.9. The Morgan fingerprint density at radius 1 is 1.12 bits per heavy atom. The van der Waals surface area contributed by atoms with E-state index in [-0.39, 0.29) is 18.9 Å². The molecule has 11 heteroatoms. The molecule has 222 valence electrons. The molecule has 1 aliphatic carbocycles. The number of amides is 1. The number of carbonyl (C=O) groups is 2. The second-order valence-corrected chi connectivity index (χ2v) is 11.3. The van der Waals surface area contributed by atoms with Gasteiger partial charge in [-0.15, -0.1) is 0 Å². The Balaban J connectivity index is 1.45. The first-order valence-corrected chi connectivity index (χ1v) is 15.0. The Kier molecular flexibility index (Phi) is 11.0. The second kappa shape index (κ2) is 14.7. The smallest absolute Gasteiger partial charge is 0.303 e. The number of unbranched alkanes of at least 4 members (excludes halogenated alkanes) is 3. The van der Waals surface area contributed by atoms with Crippen molar-refractivity contribution in [2.45, 2.75) is 63.8 Å². The van der Waals surface area contributed by atoms with Gasteiger partial charge in [0.25, 0.3) is 5.91 Å². The molecule has 0 radical (unpaired) electrons. The summed E-state index contributed by atoms with van der Waals surface area (Å²) in [6.07, 6.45) is 5.69. The number of nitrogens with zero attached hydrogens (tertiary/aromatic N) is 1. The lowest BCUT2D eigenvalue weighted by molar-refractivity contribution is -0.137. The minimum Gasteiger partial charge on any atom is -0.760 e. The first kappa shape index (κ1) is 30.8. The van der Waals surface area contributed by atoms with Crippen molar-refractivity contribution >= 4 is 34.1 Å². The summed E-state index contributed by atoms with van der Waals surface area (Å²) in [5, 5.41) is 12.0. The van der Waals surface area contributed by atoms with Gasteiger partial charge in [0, 0.05) is 62.0 Å². The third-order valence-electron chi connectivity index (χ3n) is 7.21. The van der Waals surface area contributed by atoms with Crippen LogP contribution in [0.3, 0.4) is 0 Å². The fourth-order valence-electron chi connectivity index (χ4n) is 4.92. The molecule has 1 amide bonds. The topological polar surface area (TPSA) is 132 Å². The highest BCUT2D eigenvalue weighted by atomic mass is 32.2. The van der Waals surface area contributed by atoms with Crippen LogP contribution in [0, 0.1) is 5.82 Å². The molecule has 9 nitrogen and oxygen atoms in total. The van der Waals surface area contributed by atoms with Crippen molar-refractivity contribution in [2.24, 2.45) is 0 Å². The average molecular weight is 588 g/mol. The average Bonchev–Trinajstić information content (AvgIpc) is 3.73. The fourth-order valence-corrected chi connectivity index (χ4v) is 5.44. The number of rotatable bonds is 17. The van der Waals surface area contributed by atoms with E-state index in [0.29, 0.717) is 72.8 Å². The molecule has 1 saturated carbocycles. The second-order valence-electron chi connectivity index (χ2n) is 10.3. The third kappa shape index (κ3) is 8.45. The van der Waals surface area contributed by atoms with Crippen LogP contribution in [0.1, 0.15) is 78.8 Å². The van der Waals surface area contributed by atoms with E-state index >= 15 is 0 Å². The zero-order valence-electron chi connectivity index (χ0n) is 23.2. The molecule has 0 bridgehead atoms. The van der Waals surface area contributed by atoms with Crippen LogP contribution in [-0.2, 0) is 27.3 Å². The van der Waals surface area contributed by atoms with E-state index in [1.54, 1.807) is 19.2 Å². The van der Waals surface area contributed by atoms with Gasteiger partial charge in [-0.2, -0.15) is 0 Å². The van der Waals surface area contributed by atoms with Crippen molar-refractivity contribution in [2.75, 3.05) is 26.8 Å². The van der Waals surface area contributed by atoms with Crippen LogP contribution in [0.2, 0.25) is 0 Å². The van der Waals surface area contributed by atoms with Gasteiger partial charge in [-0.3, -0.25) is 13.8 Å². The number of benzene rings is 2. The van der Waals surface area contributed by atoms with Crippen LogP contribution in [0.4, 0.5) is 4.39 Å². The SMILES string of the molecule is CNC(=O)c1c(-c2ccc(F)cc2)oc2cc(CN(CCCCCOCCCCC(=O)O)S(=O)[O-])c(C3CC3)cc12. The molecule has 2 N–H and O–H groups in total. The largest absolute Gasteiger partial charge is 0.760 e. The minimum atomic E-state index is -2.42. The van der Waals surface area contributed by atoms with Crippen LogP contribution < -0.4 is 5.32 Å². The van der Waals surface area contributed by atoms with Crippen molar-refractivity contribution in [1.82, 2.24) is 9.62 Å². The molecule has 1 unspecified atom stereocenters. The highest BCUT2D eigenvalue weighted by Gasteiger charge is 2.30. The van der Waals surface area contributed by atoms with Crippen LogP contribution in [0.25, 0.3) is 22.3 Å². The minimum absolute atomic E-state index is 0.144. The number of carboxylic acid groups (broad SMARTS) is 1. The van der Waals surface area contributed by atoms with E-state index in [1.807, 2.05) is 12.1 Å². The molecule has 0 saturated heterocycles. The third-order valence-corrected chi connectivity index (χ3v) is 7.94. The molecule has 41 heavy (non-hydrogen) atoms. The van der Waals surface area contributed by atoms with Crippen molar-refractivity contribution in [3.05, 3.63) is 58.9 Å². The normalized spacial score (nSPS) is 14.0. The number of carboxylic acids is 1. The Morgan fingerprint density at radius 2 is 1.83 bits per heavy atom. The van der Waals surface area contributed by atoms with Gasteiger partial charge in [0.05, 0.1) is 5.56 Å². The maximum atomic E-state index is 13.6. The Labute approximate surface area is 241 Å². The van der Waals surface area contributed by atoms with Crippen molar-refractivity contribution in [3.63, 3.8) is 0 Å². The Morgan fingerprint density at radius 3 is 2.46 bits per heavy atom. The first-order valence-electron chi connectivity index (χ1n) is 14.0. The predicted octanol–water partition coefficient (Wildman–Crippen LogP) is 5.51. The lowest BCUT2D eigenvalue weighted by Gasteiger charge is -2.25. The quantitative estimate of drug-likeness (QED) is 0.157. The fraction of sp³-hybridized carbons (Fsp3) is 0.467. The molecule has 1 heterocycles. The molecule has 1 aliphatic rings. The van der Waals surface area contributed by atoms with Gasteiger partial charge in [-0.25, -0.2) is 8.70 Å². The summed E-state index contributed by atoms with van der Waals surface area (Å²) in [6.45, 7) is 1.63.